The average Bonchev–Trinajstić information content (AvgIpc) is 2.46. The highest BCUT2D eigenvalue weighted by Crippen LogP contribution is 2.20. The molecule has 0 fully saturated rings. The predicted molar refractivity (Wildman–Crippen MR) is 76.1 cm³/mol. The Balaban J connectivity index is 2.37. The van der Waals surface area contributed by atoms with E-state index in [4.69, 9.17) is 0 Å². The van der Waals surface area contributed by atoms with Gasteiger partial charge in [0.25, 0.3) is 0 Å². The minimum atomic E-state index is -3.44. The number of hydrogen-bond acceptors (Lipinski definition) is 3. The Bertz CT molecular complexity index is 687. The van der Waals surface area contributed by atoms with Gasteiger partial charge in [0.2, 0.25) is 9.84 Å². The SMILES string of the molecule is C=CN=Cc1ccc(S(=O)(=O)c2ccccc2)cc1. The molecule has 0 radical (unpaired) electrons. The van der Waals surface area contributed by atoms with E-state index >= 15 is 0 Å². The van der Waals surface area contributed by atoms with Gasteiger partial charge < -0.3 is 0 Å². The molecule has 4 heteroatoms. The van der Waals surface area contributed by atoms with Crippen molar-refractivity contribution in [2.45, 2.75) is 9.79 Å². The highest BCUT2D eigenvalue weighted by atomic mass is 32.2. The van der Waals surface area contributed by atoms with Crippen molar-refractivity contribution in [1.29, 1.82) is 0 Å². The zero-order valence-electron chi connectivity index (χ0n) is 10.2. The molecule has 0 bridgehead atoms. The Morgan fingerprint density at radius 1 is 0.895 bits per heavy atom. The first-order chi connectivity index (χ1) is 9.14. The van der Waals surface area contributed by atoms with Crippen LogP contribution in [0.1, 0.15) is 5.56 Å². The highest BCUT2D eigenvalue weighted by Gasteiger charge is 2.16. The van der Waals surface area contributed by atoms with E-state index in [1.54, 1.807) is 60.8 Å². The second kappa shape index (κ2) is 5.63. The fraction of sp³-hybridized carbons (Fsp3) is 0. The predicted octanol–water partition coefficient (Wildman–Crippen LogP) is 3.08. The van der Waals surface area contributed by atoms with Gasteiger partial charge in [-0.25, -0.2) is 8.42 Å². The lowest BCUT2D eigenvalue weighted by Gasteiger charge is -2.04. The van der Waals surface area contributed by atoms with Gasteiger partial charge in [0.15, 0.2) is 0 Å². The summed E-state index contributed by atoms with van der Waals surface area (Å²) in [6.07, 6.45) is 3.04. The molecule has 0 heterocycles. The monoisotopic (exact) mass is 271 g/mol. The second-order valence-electron chi connectivity index (χ2n) is 3.85. The summed E-state index contributed by atoms with van der Waals surface area (Å²) in [6.45, 7) is 3.48. The zero-order chi connectivity index (χ0) is 13.7. The molecule has 2 aromatic rings. The molecule has 0 aliphatic carbocycles. The lowest BCUT2D eigenvalue weighted by atomic mass is 10.2. The van der Waals surface area contributed by atoms with Gasteiger partial charge in [-0.1, -0.05) is 36.9 Å². The van der Waals surface area contributed by atoms with Gasteiger partial charge >= 0.3 is 0 Å². The van der Waals surface area contributed by atoms with Crippen LogP contribution < -0.4 is 0 Å². The minimum absolute atomic E-state index is 0.273. The van der Waals surface area contributed by atoms with E-state index in [0.29, 0.717) is 4.90 Å². The molecule has 0 spiro atoms. The topological polar surface area (TPSA) is 46.5 Å². The third-order valence-corrected chi connectivity index (χ3v) is 4.36. The third kappa shape index (κ3) is 2.98. The zero-order valence-corrected chi connectivity index (χ0v) is 11.0. The lowest BCUT2D eigenvalue weighted by molar-refractivity contribution is 0.596. The van der Waals surface area contributed by atoms with Gasteiger partial charge in [-0.3, -0.25) is 4.99 Å². The van der Waals surface area contributed by atoms with Crippen molar-refractivity contribution < 1.29 is 8.42 Å². The van der Waals surface area contributed by atoms with E-state index in [9.17, 15) is 8.42 Å². The second-order valence-corrected chi connectivity index (χ2v) is 5.80. The Morgan fingerprint density at radius 3 is 2.05 bits per heavy atom. The first-order valence-corrected chi connectivity index (χ1v) is 7.17. The third-order valence-electron chi connectivity index (χ3n) is 2.57. The summed E-state index contributed by atoms with van der Waals surface area (Å²) in [5.74, 6) is 0. The van der Waals surface area contributed by atoms with Gasteiger partial charge in [-0.05, 0) is 29.8 Å². The molecule has 0 saturated carbocycles. The van der Waals surface area contributed by atoms with E-state index in [2.05, 4.69) is 11.6 Å². The van der Waals surface area contributed by atoms with Crippen LogP contribution >= 0.6 is 0 Å². The number of sulfone groups is 1. The Kier molecular flexibility index (Phi) is 3.92. The van der Waals surface area contributed by atoms with E-state index < -0.39 is 9.84 Å². The molecule has 3 nitrogen and oxygen atoms in total. The van der Waals surface area contributed by atoms with Crippen LogP contribution in [0.25, 0.3) is 0 Å². The van der Waals surface area contributed by atoms with E-state index in [0.717, 1.165) is 5.56 Å². The first kappa shape index (κ1) is 13.2. The smallest absolute Gasteiger partial charge is 0.206 e. The van der Waals surface area contributed by atoms with E-state index in [1.807, 2.05) is 0 Å². The molecule has 0 amide bonds. The molecule has 0 unspecified atom stereocenters. The molecule has 0 atom stereocenters. The largest absolute Gasteiger partial charge is 0.265 e. The molecule has 0 aliphatic heterocycles. The standard InChI is InChI=1S/C15H13NO2S/c1-2-16-12-13-8-10-15(11-9-13)19(17,18)14-6-4-3-5-7-14/h2-12H,1H2. The maximum atomic E-state index is 12.3. The van der Waals surface area contributed by atoms with Crippen molar-refractivity contribution in [2.24, 2.45) is 4.99 Å². The first-order valence-electron chi connectivity index (χ1n) is 5.69. The number of aliphatic imine (C=N–C) groups is 1. The van der Waals surface area contributed by atoms with Crippen molar-refractivity contribution >= 4 is 16.1 Å². The minimum Gasteiger partial charge on any atom is -0.265 e. The quantitative estimate of drug-likeness (QED) is 0.802. The van der Waals surface area contributed by atoms with Crippen LogP contribution in [-0.2, 0) is 9.84 Å². The van der Waals surface area contributed by atoms with Crippen LogP contribution in [0.4, 0.5) is 0 Å². The molecule has 2 rings (SSSR count). The average molecular weight is 271 g/mol. The number of benzene rings is 2. The van der Waals surface area contributed by atoms with E-state index in [1.165, 1.54) is 6.20 Å². The molecule has 96 valence electrons. The molecular formula is C15H13NO2S. The summed E-state index contributed by atoms with van der Waals surface area (Å²) in [5.41, 5.74) is 0.826. The number of hydrogen-bond donors (Lipinski definition) is 0. The summed E-state index contributed by atoms with van der Waals surface area (Å²) in [4.78, 5) is 4.45. The Morgan fingerprint density at radius 2 is 1.47 bits per heavy atom. The van der Waals surface area contributed by atoms with Crippen molar-refractivity contribution in [3.63, 3.8) is 0 Å². The van der Waals surface area contributed by atoms with Crippen molar-refractivity contribution in [3.05, 3.63) is 72.9 Å². The van der Waals surface area contributed by atoms with Crippen LogP contribution in [0.2, 0.25) is 0 Å². The fourth-order valence-electron chi connectivity index (χ4n) is 1.61. The Hall–Kier alpha value is -2.20. The van der Waals surface area contributed by atoms with Gasteiger partial charge in [-0.2, -0.15) is 0 Å². The number of nitrogens with zero attached hydrogens (tertiary/aromatic N) is 1. The number of rotatable bonds is 4. The van der Waals surface area contributed by atoms with Crippen LogP contribution in [0.5, 0.6) is 0 Å². The molecule has 2 aromatic carbocycles. The molecule has 0 saturated heterocycles. The summed E-state index contributed by atoms with van der Waals surface area (Å²) in [6, 6.07) is 14.9. The Labute approximate surface area is 112 Å². The summed E-state index contributed by atoms with van der Waals surface area (Å²) < 4.78 is 24.6. The highest BCUT2D eigenvalue weighted by molar-refractivity contribution is 7.91. The van der Waals surface area contributed by atoms with Crippen LogP contribution in [0, 0.1) is 0 Å². The molecule has 0 aromatic heterocycles. The van der Waals surface area contributed by atoms with Gasteiger partial charge in [0, 0.05) is 12.4 Å². The lowest BCUT2D eigenvalue weighted by Crippen LogP contribution is -2.01. The summed E-state index contributed by atoms with van der Waals surface area (Å²) in [7, 11) is -3.44. The van der Waals surface area contributed by atoms with Crippen LogP contribution in [0.15, 0.2) is 82.2 Å². The maximum absolute atomic E-state index is 12.3. The van der Waals surface area contributed by atoms with Gasteiger partial charge in [-0.15, -0.1) is 0 Å². The normalized spacial score (nSPS) is 11.6. The van der Waals surface area contributed by atoms with Crippen LogP contribution in [0.3, 0.4) is 0 Å². The maximum Gasteiger partial charge on any atom is 0.206 e. The molecule has 19 heavy (non-hydrogen) atoms. The van der Waals surface area contributed by atoms with Gasteiger partial charge in [0.1, 0.15) is 0 Å². The van der Waals surface area contributed by atoms with Crippen LogP contribution in [-0.4, -0.2) is 14.6 Å². The van der Waals surface area contributed by atoms with Crippen molar-refractivity contribution in [2.75, 3.05) is 0 Å². The van der Waals surface area contributed by atoms with Gasteiger partial charge in [0.05, 0.1) is 9.79 Å². The molecule has 0 N–H and O–H groups in total. The van der Waals surface area contributed by atoms with Crippen molar-refractivity contribution in [3.8, 4) is 0 Å². The van der Waals surface area contributed by atoms with E-state index in [-0.39, 0.29) is 4.90 Å². The summed E-state index contributed by atoms with van der Waals surface area (Å²) in [5, 5.41) is 0. The molecular weight excluding hydrogens is 258 g/mol. The molecule has 0 aliphatic rings. The van der Waals surface area contributed by atoms with Crippen molar-refractivity contribution in [1.82, 2.24) is 0 Å². The summed E-state index contributed by atoms with van der Waals surface area (Å²) >= 11 is 0. The fourth-order valence-corrected chi connectivity index (χ4v) is 2.89.